The van der Waals surface area contributed by atoms with Gasteiger partial charge in [-0.2, -0.15) is 0 Å². The Morgan fingerprint density at radius 1 is 1.36 bits per heavy atom. The quantitative estimate of drug-likeness (QED) is 0.888. The predicted octanol–water partition coefficient (Wildman–Crippen LogP) is 3.01. The zero-order valence-corrected chi connectivity index (χ0v) is 14.1. The van der Waals surface area contributed by atoms with Crippen molar-refractivity contribution in [1.82, 2.24) is 10.3 Å². The first kappa shape index (κ1) is 15.9. The van der Waals surface area contributed by atoms with E-state index < -0.39 is 0 Å². The van der Waals surface area contributed by atoms with Crippen molar-refractivity contribution in [2.45, 2.75) is 37.8 Å². The van der Waals surface area contributed by atoms with Crippen molar-refractivity contribution in [3.8, 4) is 0 Å². The molecule has 2 heterocycles. The smallest absolute Gasteiger partial charge is 0.0954 e. The lowest BCUT2D eigenvalue weighted by Crippen LogP contribution is -2.49. The maximum absolute atomic E-state index is 5.77. The van der Waals surface area contributed by atoms with Crippen molar-refractivity contribution >= 4 is 21.6 Å². The molecule has 0 radical (unpaired) electrons. The van der Waals surface area contributed by atoms with Gasteiger partial charge in [-0.1, -0.05) is 12.1 Å². The number of hydrogen-bond acceptors (Lipinski definition) is 5. The van der Waals surface area contributed by atoms with Gasteiger partial charge in [0.1, 0.15) is 0 Å². The highest BCUT2D eigenvalue weighted by molar-refractivity contribution is 7.18. The Kier molecular flexibility index (Phi) is 5.08. The third-order valence-corrected chi connectivity index (χ3v) is 5.49. The fourth-order valence-electron chi connectivity index (χ4n) is 2.90. The molecule has 0 bridgehead atoms. The van der Waals surface area contributed by atoms with Crippen LogP contribution in [0.3, 0.4) is 0 Å². The molecule has 1 aromatic carbocycles. The summed E-state index contributed by atoms with van der Waals surface area (Å²) >= 11 is 1.79. The number of ether oxygens (including phenoxy) is 2. The van der Waals surface area contributed by atoms with Gasteiger partial charge in [-0.3, -0.25) is 0 Å². The predicted molar refractivity (Wildman–Crippen MR) is 90.6 cm³/mol. The zero-order valence-electron chi connectivity index (χ0n) is 13.3. The standard InChI is InChI=1S/C17H24N2O2S/c1-13(18-12-17(20-2)7-9-21-10-8-17)11-16-19-14-5-3-4-6-15(14)22-16/h3-6,13,18H,7-12H2,1-2H3/t13-/m1/s1. The molecule has 0 unspecified atom stereocenters. The summed E-state index contributed by atoms with van der Waals surface area (Å²) in [5.41, 5.74) is 1.03. The van der Waals surface area contributed by atoms with Gasteiger partial charge in [0.2, 0.25) is 0 Å². The lowest BCUT2D eigenvalue weighted by molar-refractivity contribution is -0.0884. The number of aromatic nitrogens is 1. The molecule has 4 nitrogen and oxygen atoms in total. The first-order valence-corrected chi connectivity index (χ1v) is 8.73. The van der Waals surface area contributed by atoms with Crippen LogP contribution in [0, 0.1) is 0 Å². The van der Waals surface area contributed by atoms with E-state index in [1.165, 1.54) is 9.71 Å². The van der Waals surface area contributed by atoms with Crippen LogP contribution in [0.1, 0.15) is 24.8 Å². The Hall–Kier alpha value is -1.01. The second-order valence-electron chi connectivity index (χ2n) is 6.06. The summed E-state index contributed by atoms with van der Waals surface area (Å²) in [4.78, 5) is 4.71. The van der Waals surface area contributed by atoms with Crippen LogP contribution < -0.4 is 5.32 Å². The molecule has 0 amide bonds. The first-order chi connectivity index (χ1) is 10.7. The van der Waals surface area contributed by atoms with Crippen LogP contribution in [0.4, 0.5) is 0 Å². The number of rotatable bonds is 6. The molecule has 0 saturated carbocycles. The highest BCUT2D eigenvalue weighted by atomic mass is 32.1. The molecule has 1 aliphatic rings. The number of methoxy groups -OCH3 is 1. The molecule has 1 N–H and O–H groups in total. The van der Waals surface area contributed by atoms with Gasteiger partial charge in [-0.25, -0.2) is 4.98 Å². The van der Waals surface area contributed by atoms with Crippen LogP contribution >= 0.6 is 11.3 Å². The maximum Gasteiger partial charge on any atom is 0.0954 e. The summed E-state index contributed by atoms with van der Waals surface area (Å²) in [6, 6.07) is 8.71. The molecular formula is C17H24N2O2S. The van der Waals surface area contributed by atoms with Crippen molar-refractivity contribution in [2.24, 2.45) is 0 Å². The average Bonchev–Trinajstić information content (AvgIpc) is 2.96. The maximum atomic E-state index is 5.77. The number of hydrogen-bond donors (Lipinski definition) is 1. The Morgan fingerprint density at radius 3 is 2.86 bits per heavy atom. The van der Waals surface area contributed by atoms with E-state index in [0.29, 0.717) is 6.04 Å². The van der Waals surface area contributed by atoms with Crippen LogP contribution in [0.25, 0.3) is 10.2 Å². The van der Waals surface area contributed by atoms with Gasteiger partial charge >= 0.3 is 0 Å². The van der Waals surface area contributed by atoms with E-state index >= 15 is 0 Å². The van der Waals surface area contributed by atoms with Crippen molar-refractivity contribution in [2.75, 3.05) is 26.9 Å². The fraction of sp³-hybridized carbons (Fsp3) is 0.588. The molecule has 1 fully saturated rings. The molecule has 1 aliphatic heterocycles. The largest absolute Gasteiger partial charge is 0.381 e. The average molecular weight is 320 g/mol. The van der Waals surface area contributed by atoms with Gasteiger partial charge in [-0.15, -0.1) is 11.3 Å². The Balaban J connectivity index is 1.56. The fourth-order valence-corrected chi connectivity index (χ4v) is 3.99. The third kappa shape index (κ3) is 3.66. The second-order valence-corrected chi connectivity index (χ2v) is 7.18. The Morgan fingerprint density at radius 2 is 2.14 bits per heavy atom. The molecule has 22 heavy (non-hydrogen) atoms. The Bertz CT molecular complexity index is 574. The van der Waals surface area contributed by atoms with E-state index in [2.05, 4.69) is 30.4 Å². The molecule has 1 saturated heterocycles. The topological polar surface area (TPSA) is 43.4 Å². The second kappa shape index (κ2) is 7.04. The van der Waals surface area contributed by atoms with E-state index in [1.807, 2.05) is 13.2 Å². The summed E-state index contributed by atoms with van der Waals surface area (Å²) in [7, 11) is 1.81. The van der Waals surface area contributed by atoms with Gasteiger partial charge in [0.05, 0.1) is 20.8 Å². The number of fused-ring (bicyclic) bond motifs is 1. The van der Waals surface area contributed by atoms with Crippen LogP contribution in [-0.4, -0.2) is 43.5 Å². The minimum atomic E-state index is -0.0693. The van der Waals surface area contributed by atoms with E-state index in [1.54, 1.807) is 11.3 Å². The SMILES string of the molecule is COC1(CN[C@H](C)Cc2nc3ccccc3s2)CCOCC1. The van der Waals surface area contributed by atoms with Crippen molar-refractivity contribution in [3.63, 3.8) is 0 Å². The van der Waals surface area contributed by atoms with E-state index in [9.17, 15) is 0 Å². The van der Waals surface area contributed by atoms with Crippen LogP contribution in [-0.2, 0) is 15.9 Å². The van der Waals surface area contributed by atoms with E-state index in [-0.39, 0.29) is 5.60 Å². The number of nitrogens with one attached hydrogen (secondary N) is 1. The van der Waals surface area contributed by atoms with Crippen LogP contribution in [0.5, 0.6) is 0 Å². The number of benzene rings is 1. The van der Waals surface area contributed by atoms with Crippen molar-refractivity contribution in [3.05, 3.63) is 29.3 Å². The van der Waals surface area contributed by atoms with Crippen LogP contribution in [0.2, 0.25) is 0 Å². The van der Waals surface area contributed by atoms with E-state index in [4.69, 9.17) is 14.5 Å². The van der Waals surface area contributed by atoms with Gasteiger partial charge in [0, 0.05) is 52.2 Å². The summed E-state index contributed by atoms with van der Waals surface area (Å²) in [6.45, 7) is 4.68. The van der Waals surface area contributed by atoms with Gasteiger partial charge in [0.25, 0.3) is 0 Å². The molecule has 1 atom stereocenters. The lowest BCUT2D eigenvalue weighted by Gasteiger charge is -2.36. The molecule has 0 spiro atoms. The third-order valence-electron chi connectivity index (χ3n) is 4.43. The number of thiazole rings is 1. The molecular weight excluding hydrogens is 296 g/mol. The molecule has 3 rings (SSSR count). The lowest BCUT2D eigenvalue weighted by atomic mass is 9.93. The molecule has 5 heteroatoms. The summed E-state index contributed by atoms with van der Waals surface area (Å²) < 4.78 is 12.5. The minimum Gasteiger partial charge on any atom is -0.381 e. The highest BCUT2D eigenvalue weighted by Crippen LogP contribution is 2.25. The van der Waals surface area contributed by atoms with E-state index in [0.717, 1.165) is 44.5 Å². The van der Waals surface area contributed by atoms with Gasteiger partial charge in [-0.05, 0) is 19.1 Å². The van der Waals surface area contributed by atoms with Gasteiger partial charge in [0.15, 0.2) is 0 Å². The summed E-state index contributed by atoms with van der Waals surface area (Å²) in [5.74, 6) is 0. The van der Waals surface area contributed by atoms with Gasteiger partial charge < -0.3 is 14.8 Å². The number of para-hydroxylation sites is 1. The summed E-state index contributed by atoms with van der Waals surface area (Å²) in [6.07, 6.45) is 2.88. The Labute approximate surface area is 135 Å². The molecule has 120 valence electrons. The van der Waals surface area contributed by atoms with Crippen LogP contribution in [0.15, 0.2) is 24.3 Å². The normalized spacial score (nSPS) is 19.4. The monoisotopic (exact) mass is 320 g/mol. The summed E-state index contributed by atoms with van der Waals surface area (Å²) in [5, 5.41) is 4.82. The minimum absolute atomic E-state index is 0.0693. The van der Waals surface area contributed by atoms with Crippen molar-refractivity contribution in [1.29, 1.82) is 0 Å². The molecule has 2 aromatic rings. The first-order valence-electron chi connectivity index (χ1n) is 7.91. The molecule has 1 aromatic heterocycles. The van der Waals surface area contributed by atoms with Crippen molar-refractivity contribution < 1.29 is 9.47 Å². The number of nitrogens with zero attached hydrogens (tertiary/aromatic N) is 1. The molecule has 0 aliphatic carbocycles. The highest BCUT2D eigenvalue weighted by Gasteiger charge is 2.32. The zero-order chi connectivity index (χ0) is 15.4.